The first-order valence-corrected chi connectivity index (χ1v) is 8.89. The van der Waals surface area contributed by atoms with Gasteiger partial charge in [-0.05, 0) is 30.3 Å². The lowest BCUT2D eigenvalue weighted by Crippen LogP contribution is -2.15. The molecular formula is C21H19ClN2O5. The van der Waals surface area contributed by atoms with Crippen LogP contribution in [0.5, 0.6) is 11.5 Å². The van der Waals surface area contributed by atoms with Gasteiger partial charge in [0.05, 0.1) is 48.7 Å². The second-order valence-corrected chi connectivity index (χ2v) is 6.50. The summed E-state index contributed by atoms with van der Waals surface area (Å²) in [4.78, 5) is 27.1. The molecule has 0 aliphatic rings. The zero-order chi connectivity index (χ0) is 21.1. The lowest BCUT2D eigenvalue weighted by molar-refractivity contribution is 0.0601. The summed E-state index contributed by atoms with van der Waals surface area (Å²) in [5.41, 5.74) is 1.61. The van der Waals surface area contributed by atoms with Gasteiger partial charge in [-0.15, -0.1) is 0 Å². The first-order valence-electron chi connectivity index (χ1n) is 8.51. The summed E-state index contributed by atoms with van der Waals surface area (Å²) in [6, 6.07) is 9.76. The fourth-order valence-electron chi connectivity index (χ4n) is 2.85. The molecule has 0 unspecified atom stereocenters. The van der Waals surface area contributed by atoms with Crippen LogP contribution in [0, 0.1) is 0 Å². The van der Waals surface area contributed by atoms with Gasteiger partial charge >= 0.3 is 5.97 Å². The number of ether oxygens (including phenoxy) is 3. The van der Waals surface area contributed by atoms with Gasteiger partial charge in [-0.1, -0.05) is 18.2 Å². The van der Waals surface area contributed by atoms with E-state index in [4.69, 9.17) is 25.8 Å². The number of hydrogen-bond donors (Lipinski definition) is 2. The average Bonchev–Trinajstić information content (AvgIpc) is 2.73. The largest absolute Gasteiger partial charge is 0.493 e. The Kier molecular flexibility index (Phi) is 5.79. The van der Waals surface area contributed by atoms with Crippen LogP contribution in [0.3, 0.4) is 0 Å². The molecule has 2 aromatic carbocycles. The van der Waals surface area contributed by atoms with Crippen molar-refractivity contribution in [3.8, 4) is 11.5 Å². The van der Waals surface area contributed by atoms with E-state index in [0.29, 0.717) is 44.5 Å². The number of aromatic nitrogens is 1. The molecule has 3 aromatic rings. The van der Waals surface area contributed by atoms with Crippen molar-refractivity contribution in [2.75, 3.05) is 26.6 Å². The molecule has 0 spiro atoms. The third-order valence-corrected chi connectivity index (χ3v) is 4.68. The Balaban J connectivity index is 2.00. The number of H-pyrrole nitrogens is 1. The lowest BCUT2D eigenvalue weighted by atomic mass is 10.1. The topological polar surface area (TPSA) is 89.7 Å². The molecule has 0 aliphatic heterocycles. The van der Waals surface area contributed by atoms with Crippen LogP contribution in [-0.2, 0) is 4.74 Å². The fraction of sp³-hybridized carbons (Fsp3) is 0.143. The molecule has 7 nitrogen and oxygen atoms in total. The molecule has 0 amide bonds. The molecule has 0 fully saturated rings. The Morgan fingerprint density at radius 2 is 1.76 bits per heavy atom. The highest BCUT2D eigenvalue weighted by molar-refractivity contribution is 6.33. The fourth-order valence-corrected chi connectivity index (χ4v) is 3.02. The summed E-state index contributed by atoms with van der Waals surface area (Å²) in [5, 5.41) is 4.09. The monoisotopic (exact) mass is 414 g/mol. The number of fused-ring (bicyclic) bond motifs is 1. The molecule has 150 valence electrons. The second-order valence-electron chi connectivity index (χ2n) is 6.10. The number of nitrogens with one attached hydrogen (secondary N) is 2. The maximum Gasteiger partial charge on any atom is 0.337 e. The summed E-state index contributed by atoms with van der Waals surface area (Å²) >= 11 is 6.21. The number of carbonyl (C=O) groups is 1. The van der Waals surface area contributed by atoms with Crippen LogP contribution in [0.15, 0.2) is 47.8 Å². The smallest absolute Gasteiger partial charge is 0.337 e. The number of rotatable bonds is 6. The number of hydrogen-bond acceptors (Lipinski definition) is 6. The highest BCUT2D eigenvalue weighted by Crippen LogP contribution is 2.32. The predicted octanol–water partition coefficient (Wildman–Crippen LogP) is 4.07. The Labute approximate surface area is 171 Å². The van der Waals surface area contributed by atoms with Gasteiger partial charge in [0.25, 0.3) is 5.56 Å². The van der Waals surface area contributed by atoms with E-state index in [-0.39, 0.29) is 5.56 Å². The van der Waals surface area contributed by atoms with Crippen LogP contribution in [-0.4, -0.2) is 32.3 Å². The summed E-state index contributed by atoms with van der Waals surface area (Å²) in [7, 11) is 4.35. The minimum absolute atomic E-state index is 0.309. The van der Waals surface area contributed by atoms with E-state index >= 15 is 0 Å². The van der Waals surface area contributed by atoms with Gasteiger partial charge in [0.1, 0.15) is 0 Å². The number of esters is 1. The van der Waals surface area contributed by atoms with Gasteiger partial charge in [0, 0.05) is 17.1 Å². The molecule has 0 atom stereocenters. The molecule has 29 heavy (non-hydrogen) atoms. The molecule has 1 heterocycles. The van der Waals surface area contributed by atoms with Crippen molar-refractivity contribution < 1.29 is 19.0 Å². The van der Waals surface area contributed by atoms with Crippen molar-refractivity contribution >= 4 is 39.9 Å². The van der Waals surface area contributed by atoms with Crippen LogP contribution in [0.25, 0.3) is 16.6 Å². The molecule has 3 rings (SSSR count). The zero-order valence-corrected chi connectivity index (χ0v) is 16.8. The molecule has 0 bridgehead atoms. The maximum absolute atomic E-state index is 12.6. The summed E-state index contributed by atoms with van der Waals surface area (Å²) in [6.07, 6.45) is 0. The van der Waals surface area contributed by atoms with Crippen molar-refractivity contribution in [1.29, 1.82) is 0 Å². The van der Waals surface area contributed by atoms with Crippen LogP contribution in [0.2, 0.25) is 5.02 Å². The first-order chi connectivity index (χ1) is 13.9. The van der Waals surface area contributed by atoms with E-state index < -0.39 is 5.97 Å². The van der Waals surface area contributed by atoms with Crippen molar-refractivity contribution in [2.24, 2.45) is 0 Å². The van der Waals surface area contributed by atoms with E-state index in [0.717, 1.165) is 5.39 Å². The SMILES string of the molecule is C=C(Nc1cc(C(=O)OC)ccc1Cl)c1cc2cc(OC)c(OC)cc2[nH]c1=O. The van der Waals surface area contributed by atoms with E-state index in [9.17, 15) is 9.59 Å². The van der Waals surface area contributed by atoms with Crippen molar-refractivity contribution in [1.82, 2.24) is 4.98 Å². The molecule has 0 aliphatic carbocycles. The van der Waals surface area contributed by atoms with Crippen LogP contribution in [0.4, 0.5) is 5.69 Å². The zero-order valence-electron chi connectivity index (χ0n) is 16.1. The molecule has 2 N–H and O–H groups in total. The third kappa shape index (κ3) is 4.05. The summed E-state index contributed by atoms with van der Waals surface area (Å²) in [5.74, 6) is 0.539. The minimum Gasteiger partial charge on any atom is -0.493 e. The lowest BCUT2D eigenvalue weighted by Gasteiger charge is -2.13. The highest BCUT2D eigenvalue weighted by atomic mass is 35.5. The average molecular weight is 415 g/mol. The predicted molar refractivity (Wildman–Crippen MR) is 113 cm³/mol. The highest BCUT2D eigenvalue weighted by Gasteiger charge is 2.14. The maximum atomic E-state index is 12.6. The Bertz CT molecular complexity index is 1170. The number of carbonyl (C=O) groups excluding carboxylic acids is 1. The first kappa shape index (κ1) is 20.3. The number of benzene rings is 2. The van der Waals surface area contributed by atoms with Gasteiger partial charge in [-0.2, -0.15) is 0 Å². The summed E-state index contributed by atoms with van der Waals surface area (Å²) in [6.45, 7) is 3.94. The van der Waals surface area contributed by atoms with Crippen LogP contribution < -0.4 is 20.3 Å². The van der Waals surface area contributed by atoms with E-state index in [2.05, 4.69) is 16.9 Å². The Morgan fingerprint density at radius 3 is 2.41 bits per heavy atom. The van der Waals surface area contributed by atoms with Gasteiger partial charge < -0.3 is 24.5 Å². The molecular weight excluding hydrogens is 396 g/mol. The number of halogens is 1. The Hall–Kier alpha value is -3.45. The second kappa shape index (κ2) is 8.28. The molecule has 0 saturated heterocycles. The van der Waals surface area contributed by atoms with Gasteiger partial charge in [0.2, 0.25) is 0 Å². The standard InChI is InChI=1S/C21H19ClN2O5/c1-11(23-17-8-12(21(26)29-4)5-6-15(17)22)14-7-13-9-18(27-2)19(28-3)10-16(13)24-20(14)25/h5-10,23H,1H2,2-4H3,(H,24,25). The van der Waals surface area contributed by atoms with E-state index in [1.165, 1.54) is 27.4 Å². The van der Waals surface area contributed by atoms with Crippen LogP contribution in [0.1, 0.15) is 15.9 Å². The molecule has 1 aromatic heterocycles. The third-order valence-electron chi connectivity index (χ3n) is 4.35. The number of pyridine rings is 1. The molecule has 8 heteroatoms. The van der Waals surface area contributed by atoms with Gasteiger partial charge in [0.15, 0.2) is 11.5 Å². The normalized spacial score (nSPS) is 10.5. The van der Waals surface area contributed by atoms with Crippen molar-refractivity contribution in [3.63, 3.8) is 0 Å². The van der Waals surface area contributed by atoms with E-state index in [1.54, 1.807) is 30.3 Å². The van der Waals surface area contributed by atoms with Gasteiger partial charge in [-0.3, -0.25) is 4.79 Å². The van der Waals surface area contributed by atoms with Crippen molar-refractivity contribution in [2.45, 2.75) is 0 Å². The van der Waals surface area contributed by atoms with Crippen molar-refractivity contribution in [3.05, 3.63) is 69.5 Å². The Morgan fingerprint density at radius 1 is 1.07 bits per heavy atom. The van der Waals surface area contributed by atoms with Gasteiger partial charge in [-0.25, -0.2) is 4.79 Å². The summed E-state index contributed by atoms with van der Waals surface area (Å²) < 4.78 is 15.3. The van der Waals surface area contributed by atoms with Crippen LogP contribution >= 0.6 is 11.6 Å². The minimum atomic E-state index is -0.500. The quantitative estimate of drug-likeness (QED) is 0.591. The molecule has 0 radical (unpaired) electrons. The number of aromatic amines is 1. The number of anilines is 1. The van der Waals surface area contributed by atoms with E-state index in [1.807, 2.05) is 0 Å². The molecule has 0 saturated carbocycles. The number of methoxy groups -OCH3 is 3.